The average molecular weight is 486 g/mol. The van der Waals surface area contributed by atoms with Crippen LogP contribution in [0.15, 0.2) is 64.7 Å². The van der Waals surface area contributed by atoms with Crippen LogP contribution in [0.3, 0.4) is 0 Å². The normalized spacial score (nSPS) is 14.5. The lowest BCUT2D eigenvalue weighted by atomic mass is 10.1. The summed E-state index contributed by atoms with van der Waals surface area (Å²) in [4.78, 5) is 26.9. The number of nitrogens with one attached hydrogen (secondary N) is 1. The molecule has 0 saturated carbocycles. The van der Waals surface area contributed by atoms with Gasteiger partial charge in [-0.05, 0) is 56.7 Å². The molecule has 1 fully saturated rings. The molecule has 0 radical (unpaired) electrons. The monoisotopic (exact) mass is 485 g/mol. The first-order chi connectivity index (χ1) is 17.4. The molecule has 0 atom stereocenters. The summed E-state index contributed by atoms with van der Waals surface area (Å²) in [6.07, 6.45) is 4.73. The Balaban J connectivity index is 1.43. The fourth-order valence-electron chi connectivity index (χ4n) is 4.65. The fraction of sp³-hybridized carbons (Fsp3) is 0.333. The van der Waals surface area contributed by atoms with E-state index < -0.39 is 0 Å². The van der Waals surface area contributed by atoms with E-state index in [4.69, 9.17) is 4.42 Å². The van der Waals surface area contributed by atoms with E-state index in [9.17, 15) is 4.79 Å². The number of fused-ring (bicyclic) bond motifs is 1. The molecule has 4 aromatic rings. The van der Waals surface area contributed by atoms with Gasteiger partial charge >= 0.3 is 0 Å². The lowest BCUT2D eigenvalue weighted by molar-refractivity contribution is 0.209. The molecule has 1 N–H and O–H groups in total. The number of rotatable bonds is 7. The predicted molar refractivity (Wildman–Crippen MR) is 143 cm³/mol. The summed E-state index contributed by atoms with van der Waals surface area (Å²) >= 11 is 0. The van der Waals surface area contributed by atoms with Gasteiger partial charge in [-0.2, -0.15) is 5.10 Å². The van der Waals surface area contributed by atoms with Crippen molar-refractivity contribution in [3.63, 3.8) is 0 Å². The van der Waals surface area contributed by atoms with Crippen molar-refractivity contribution < 1.29 is 4.42 Å². The maximum atomic E-state index is 12.9. The maximum Gasteiger partial charge on any atom is 0.278 e. The van der Waals surface area contributed by atoms with Crippen LogP contribution in [0, 0.1) is 6.92 Å². The number of hydrogen-bond donors (Lipinski definition) is 1. The first-order valence-electron chi connectivity index (χ1n) is 12.2. The third-order valence-corrected chi connectivity index (χ3v) is 6.59. The molecule has 0 amide bonds. The van der Waals surface area contributed by atoms with Crippen LogP contribution in [-0.2, 0) is 6.54 Å². The van der Waals surface area contributed by atoms with E-state index in [0.717, 1.165) is 31.9 Å². The van der Waals surface area contributed by atoms with Gasteiger partial charge in [0.1, 0.15) is 5.52 Å². The van der Waals surface area contributed by atoms with Gasteiger partial charge in [-0.25, -0.2) is 14.6 Å². The third kappa shape index (κ3) is 4.61. The SMILES string of the molecule is C=CCn1nc(-c2ccco2)c2nc(Nc3ccc(N4CCN(C(C)C)CC4)c(C)c3)ncc2c1=O. The first kappa shape index (κ1) is 23.7. The Morgan fingerprint density at radius 3 is 2.67 bits per heavy atom. The van der Waals surface area contributed by atoms with Gasteiger partial charge in [-0.3, -0.25) is 9.69 Å². The molecule has 1 saturated heterocycles. The van der Waals surface area contributed by atoms with Crippen molar-refractivity contribution >= 4 is 28.2 Å². The van der Waals surface area contributed by atoms with Crippen molar-refractivity contribution in [2.24, 2.45) is 0 Å². The maximum absolute atomic E-state index is 12.9. The molecule has 186 valence electrons. The Labute approximate surface area is 210 Å². The number of piperazine rings is 1. The van der Waals surface area contributed by atoms with Crippen LogP contribution in [0.4, 0.5) is 17.3 Å². The lowest BCUT2D eigenvalue weighted by Gasteiger charge is -2.38. The standard InChI is InChI=1S/C27H31N7O2/c1-5-10-34-26(35)21-17-28-27(30-24(21)25(31-34)23-7-6-15-36-23)29-20-8-9-22(19(4)16-20)33-13-11-32(12-14-33)18(2)3/h5-9,15-18H,1,10-14H2,2-4H3,(H,28,29,30). The van der Waals surface area contributed by atoms with Gasteiger partial charge in [0.15, 0.2) is 11.5 Å². The highest BCUT2D eigenvalue weighted by atomic mass is 16.3. The van der Waals surface area contributed by atoms with Crippen LogP contribution in [0.25, 0.3) is 22.4 Å². The van der Waals surface area contributed by atoms with Crippen LogP contribution >= 0.6 is 0 Å². The Bertz CT molecular complexity index is 1430. The quantitative estimate of drug-likeness (QED) is 0.389. The Morgan fingerprint density at radius 1 is 1.19 bits per heavy atom. The van der Waals surface area contributed by atoms with Crippen LogP contribution in [0.5, 0.6) is 0 Å². The number of benzene rings is 1. The van der Waals surface area contributed by atoms with Crippen molar-refractivity contribution in [1.29, 1.82) is 0 Å². The van der Waals surface area contributed by atoms with Gasteiger partial charge in [-0.15, -0.1) is 6.58 Å². The second-order valence-electron chi connectivity index (χ2n) is 9.30. The molecular weight excluding hydrogens is 454 g/mol. The molecular formula is C27H31N7O2. The number of allylic oxidation sites excluding steroid dienone is 1. The molecule has 4 heterocycles. The minimum Gasteiger partial charge on any atom is -0.463 e. The summed E-state index contributed by atoms with van der Waals surface area (Å²) in [6, 6.07) is 10.4. The Hall–Kier alpha value is -3.98. The van der Waals surface area contributed by atoms with Gasteiger partial charge in [0.05, 0.1) is 18.2 Å². The van der Waals surface area contributed by atoms with Crippen molar-refractivity contribution in [1.82, 2.24) is 24.6 Å². The summed E-state index contributed by atoms with van der Waals surface area (Å²) in [5.74, 6) is 0.913. The van der Waals surface area contributed by atoms with E-state index in [2.05, 4.69) is 69.7 Å². The van der Waals surface area contributed by atoms with Crippen LogP contribution in [0.2, 0.25) is 0 Å². The van der Waals surface area contributed by atoms with E-state index in [0.29, 0.717) is 34.3 Å². The molecule has 36 heavy (non-hydrogen) atoms. The van der Waals surface area contributed by atoms with Crippen LogP contribution in [0.1, 0.15) is 19.4 Å². The van der Waals surface area contributed by atoms with Crippen molar-refractivity contribution in [2.45, 2.75) is 33.4 Å². The van der Waals surface area contributed by atoms with Gasteiger partial charge in [0, 0.05) is 49.8 Å². The highest BCUT2D eigenvalue weighted by Gasteiger charge is 2.20. The molecule has 5 rings (SSSR count). The second kappa shape index (κ2) is 9.94. The highest BCUT2D eigenvalue weighted by molar-refractivity contribution is 5.89. The van der Waals surface area contributed by atoms with Crippen molar-refractivity contribution in [2.75, 3.05) is 36.4 Å². The van der Waals surface area contributed by atoms with Crippen molar-refractivity contribution in [3.8, 4) is 11.5 Å². The minimum absolute atomic E-state index is 0.274. The van der Waals surface area contributed by atoms with Gasteiger partial charge in [0.25, 0.3) is 5.56 Å². The summed E-state index contributed by atoms with van der Waals surface area (Å²) in [5, 5.41) is 8.15. The summed E-state index contributed by atoms with van der Waals surface area (Å²) in [7, 11) is 0. The lowest BCUT2D eigenvalue weighted by Crippen LogP contribution is -2.49. The molecule has 3 aromatic heterocycles. The first-order valence-corrected chi connectivity index (χ1v) is 12.2. The number of anilines is 3. The fourth-order valence-corrected chi connectivity index (χ4v) is 4.65. The molecule has 1 aliphatic rings. The molecule has 0 spiro atoms. The summed E-state index contributed by atoms with van der Waals surface area (Å²) < 4.78 is 6.91. The third-order valence-electron chi connectivity index (χ3n) is 6.59. The van der Waals surface area contributed by atoms with E-state index in [-0.39, 0.29) is 12.1 Å². The largest absolute Gasteiger partial charge is 0.463 e. The zero-order valence-corrected chi connectivity index (χ0v) is 20.9. The van der Waals surface area contributed by atoms with Gasteiger partial charge in [0.2, 0.25) is 5.95 Å². The van der Waals surface area contributed by atoms with Gasteiger partial charge in [-0.1, -0.05) is 6.08 Å². The van der Waals surface area contributed by atoms with Crippen LogP contribution in [-0.4, -0.2) is 56.9 Å². The second-order valence-corrected chi connectivity index (χ2v) is 9.30. The zero-order valence-electron chi connectivity index (χ0n) is 20.9. The Morgan fingerprint density at radius 2 is 2.00 bits per heavy atom. The average Bonchev–Trinajstić information content (AvgIpc) is 3.41. The molecule has 9 nitrogen and oxygen atoms in total. The molecule has 0 bridgehead atoms. The summed E-state index contributed by atoms with van der Waals surface area (Å²) in [5.41, 5.74) is 3.95. The number of aryl methyl sites for hydroxylation is 1. The molecule has 0 unspecified atom stereocenters. The van der Waals surface area contributed by atoms with Crippen LogP contribution < -0.4 is 15.8 Å². The summed E-state index contributed by atoms with van der Waals surface area (Å²) in [6.45, 7) is 14.8. The molecule has 1 aromatic carbocycles. The van der Waals surface area contributed by atoms with E-state index in [1.807, 2.05) is 6.07 Å². The molecule has 9 heteroatoms. The van der Waals surface area contributed by atoms with Gasteiger partial charge < -0.3 is 14.6 Å². The van der Waals surface area contributed by atoms with Crippen molar-refractivity contribution in [3.05, 3.63) is 71.4 Å². The molecule has 1 aliphatic heterocycles. The minimum atomic E-state index is -0.274. The number of furan rings is 1. The zero-order chi connectivity index (χ0) is 25.2. The van der Waals surface area contributed by atoms with E-state index in [1.165, 1.54) is 22.1 Å². The van der Waals surface area contributed by atoms with E-state index >= 15 is 0 Å². The topological polar surface area (TPSA) is 92.3 Å². The Kier molecular flexibility index (Phi) is 6.56. The number of aromatic nitrogens is 4. The molecule has 0 aliphatic carbocycles. The highest BCUT2D eigenvalue weighted by Crippen LogP contribution is 2.28. The number of hydrogen-bond acceptors (Lipinski definition) is 8. The predicted octanol–water partition coefficient (Wildman–Crippen LogP) is 4.21. The number of nitrogens with zero attached hydrogens (tertiary/aromatic N) is 6. The smallest absolute Gasteiger partial charge is 0.278 e. The van der Waals surface area contributed by atoms with E-state index in [1.54, 1.807) is 24.5 Å².